The number of hydrogen-bond acceptors (Lipinski definition) is 6. The summed E-state index contributed by atoms with van der Waals surface area (Å²) in [6, 6.07) is 22.7. The molecule has 3 aromatic carbocycles. The van der Waals surface area contributed by atoms with Crippen molar-refractivity contribution in [3.05, 3.63) is 97.1 Å². The first-order valence-electron chi connectivity index (χ1n) is 12.2. The summed E-state index contributed by atoms with van der Waals surface area (Å²) in [5.74, 6) is 1.24. The van der Waals surface area contributed by atoms with E-state index in [0.717, 1.165) is 53.9 Å². The fourth-order valence-electron chi connectivity index (χ4n) is 3.47. The molecule has 0 atom stereocenters. The second-order valence-electron chi connectivity index (χ2n) is 8.21. The largest absolute Gasteiger partial charge is 0.497 e. The number of ether oxygens (including phenoxy) is 4. The predicted octanol–water partition coefficient (Wildman–Crippen LogP) is 6.65. The maximum atomic E-state index is 12.1. The lowest BCUT2D eigenvalue weighted by molar-refractivity contribution is -0.137. The molecule has 0 aliphatic carbocycles. The van der Waals surface area contributed by atoms with Gasteiger partial charge in [0.15, 0.2) is 0 Å². The minimum absolute atomic E-state index is 0.375. The van der Waals surface area contributed by atoms with E-state index in [4.69, 9.17) is 18.9 Å². The Bertz CT molecular complexity index is 1160. The Morgan fingerprint density at radius 1 is 0.703 bits per heavy atom. The molecule has 3 aromatic rings. The molecule has 3 rings (SSSR count). The fraction of sp³-hybridized carbons (Fsp3) is 0.226. The van der Waals surface area contributed by atoms with Crippen molar-refractivity contribution >= 4 is 18.0 Å². The van der Waals surface area contributed by atoms with Gasteiger partial charge in [0.05, 0.1) is 20.3 Å². The Labute approximate surface area is 218 Å². The molecule has 0 radical (unpaired) electrons. The standard InChI is InChI=1S/C31H32O6/c1-3-30(32)36-23-7-5-4-6-22-35-28-17-11-25(12-18-28)26-13-19-29(20-14-26)37-31(33)21-10-24-8-15-27(34-2)16-9-24/h3,8-21H,1,4-7,22-23H2,2H3/b21-10+. The Morgan fingerprint density at radius 3 is 1.86 bits per heavy atom. The molecule has 0 fully saturated rings. The molecule has 0 spiro atoms. The van der Waals surface area contributed by atoms with Gasteiger partial charge in [-0.3, -0.25) is 0 Å². The van der Waals surface area contributed by atoms with Gasteiger partial charge in [-0.15, -0.1) is 0 Å². The molecule has 0 N–H and O–H groups in total. The normalized spacial score (nSPS) is 10.6. The van der Waals surface area contributed by atoms with Crippen molar-refractivity contribution in [1.82, 2.24) is 0 Å². The number of carbonyl (C=O) groups excluding carboxylic acids is 2. The van der Waals surface area contributed by atoms with Gasteiger partial charge in [0.1, 0.15) is 17.2 Å². The third-order valence-corrected chi connectivity index (χ3v) is 5.51. The van der Waals surface area contributed by atoms with Crippen LogP contribution in [0.2, 0.25) is 0 Å². The van der Waals surface area contributed by atoms with Crippen LogP contribution in [0, 0.1) is 0 Å². The third-order valence-electron chi connectivity index (χ3n) is 5.51. The summed E-state index contributed by atoms with van der Waals surface area (Å²) in [5, 5.41) is 0. The molecule has 0 bridgehead atoms. The zero-order valence-electron chi connectivity index (χ0n) is 21.1. The lowest BCUT2D eigenvalue weighted by Crippen LogP contribution is -2.03. The van der Waals surface area contributed by atoms with Gasteiger partial charge in [-0.25, -0.2) is 9.59 Å². The third kappa shape index (κ3) is 9.68. The molecule has 0 aliphatic heterocycles. The summed E-state index contributed by atoms with van der Waals surface area (Å²) in [4.78, 5) is 23.1. The minimum Gasteiger partial charge on any atom is -0.497 e. The summed E-state index contributed by atoms with van der Waals surface area (Å²) in [5.41, 5.74) is 2.93. The maximum Gasteiger partial charge on any atom is 0.336 e. The molecule has 0 heterocycles. The minimum atomic E-state index is -0.443. The molecule has 0 aliphatic rings. The lowest BCUT2D eigenvalue weighted by Gasteiger charge is -2.08. The van der Waals surface area contributed by atoms with E-state index in [2.05, 4.69) is 6.58 Å². The molecule has 0 saturated carbocycles. The molecule has 192 valence electrons. The van der Waals surface area contributed by atoms with Crippen molar-refractivity contribution < 1.29 is 28.5 Å². The highest BCUT2D eigenvalue weighted by Crippen LogP contribution is 2.25. The van der Waals surface area contributed by atoms with Crippen molar-refractivity contribution in [3.8, 4) is 28.4 Å². The van der Waals surface area contributed by atoms with Gasteiger partial charge in [-0.2, -0.15) is 0 Å². The van der Waals surface area contributed by atoms with E-state index < -0.39 is 5.97 Å². The molecular weight excluding hydrogens is 468 g/mol. The van der Waals surface area contributed by atoms with Crippen molar-refractivity contribution in [2.75, 3.05) is 20.3 Å². The van der Waals surface area contributed by atoms with E-state index in [9.17, 15) is 9.59 Å². The Balaban J connectivity index is 1.39. The summed E-state index contributed by atoms with van der Waals surface area (Å²) in [6.07, 6.45) is 8.05. The van der Waals surface area contributed by atoms with Crippen LogP contribution in [0.5, 0.6) is 17.2 Å². The van der Waals surface area contributed by atoms with Crippen LogP contribution in [0.3, 0.4) is 0 Å². The van der Waals surface area contributed by atoms with Crippen LogP contribution in [0.15, 0.2) is 91.5 Å². The number of benzene rings is 3. The van der Waals surface area contributed by atoms with Crippen LogP contribution in [-0.4, -0.2) is 32.3 Å². The molecule has 6 nitrogen and oxygen atoms in total. The lowest BCUT2D eigenvalue weighted by atomic mass is 10.1. The Morgan fingerprint density at radius 2 is 1.27 bits per heavy atom. The number of carbonyl (C=O) groups is 2. The summed E-state index contributed by atoms with van der Waals surface area (Å²) < 4.78 is 21.3. The van der Waals surface area contributed by atoms with Gasteiger partial charge >= 0.3 is 11.9 Å². The predicted molar refractivity (Wildman–Crippen MR) is 145 cm³/mol. The highest BCUT2D eigenvalue weighted by molar-refractivity contribution is 5.88. The molecule has 0 amide bonds. The maximum absolute atomic E-state index is 12.1. The fourth-order valence-corrected chi connectivity index (χ4v) is 3.47. The number of methoxy groups -OCH3 is 1. The molecule has 37 heavy (non-hydrogen) atoms. The van der Waals surface area contributed by atoms with Gasteiger partial charge in [0.2, 0.25) is 0 Å². The van der Waals surface area contributed by atoms with Gasteiger partial charge < -0.3 is 18.9 Å². The Hall–Kier alpha value is -4.32. The molecular formula is C31H32O6. The van der Waals surface area contributed by atoms with Crippen LogP contribution >= 0.6 is 0 Å². The van der Waals surface area contributed by atoms with Crippen LogP contribution in [-0.2, 0) is 14.3 Å². The number of unbranched alkanes of at least 4 members (excludes halogenated alkanes) is 3. The molecule has 0 aromatic heterocycles. The number of rotatable bonds is 14. The van der Waals surface area contributed by atoms with Gasteiger partial charge in [-0.1, -0.05) is 43.0 Å². The zero-order chi connectivity index (χ0) is 26.3. The topological polar surface area (TPSA) is 71.1 Å². The SMILES string of the molecule is C=CC(=O)OCCCCCCOc1ccc(-c2ccc(OC(=O)/C=C/c3ccc(OC)cc3)cc2)cc1. The van der Waals surface area contributed by atoms with E-state index >= 15 is 0 Å². The molecule has 0 unspecified atom stereocenters. The number of esters is 2. The van der Waals surface area contributed by atoms with Crippen LogP contribution < -0.4 is 14.2 Å². The quantitative estimate of drug-likeness (QED) is 0.107. The van der Waals surface area contributed by atoms with Crippen molar-refractivity contribution in [3.63, 3.8) is 0 Å². The van der Waals surface area contributed by atoms with Crippen LogP contribution in [0.4, 0.5) is 0 Å². The second-order valence-corrected chi connectivity index (χ2v) is 8.21. The van der Waals surface area contributed by atoms with E-state index in [1.165, 1.54) is 12.2 Å². The smallest absolute Gasteiger partial charge is 0.336 e. The van der Waals surface area contributed by atoms with Gasteiger partial charge in [-0.05, 0) is 84.8 Å². The number of hydrogen-bond donors (Lipinski definition) is 0. The second kappa shape index (κ2) is 14.9. The van der Waals surface area contributed by atoms with Crippen molar-refractivity contribution in [2.45, 2.75) is 25.7 Å². The van der Waals surface area contributed by atoms with E-state index in [-0.39, 0.29) is 5.97 Å². The van der Waals surface area contributed by atoms with Crippen molar-refractivity contribution in [1.29, 1.82) is 0 Å². The highest BCUT2D eigenvalue weighted by atomic mass is 16.5. The van der Waals surface area contributed by atoms with E-state index in [1.807, 2.05) is 60.7 Å². The molecule has 6 heteroatoms. The summed E-state index contributed by atoms with van der Waals surface area (Å²) in [6.45, 7) is 4.44. The summed E-state index contributed by atoms with van der Waals surface area (Å²) in [7, 11) is 1.61. The first kappa shape index (κ1) is 27.3. The summed E-state index contributed by atoms with van der Waals surface area (Å²) >= 11 is 0. The van der Waals surface area contributed by atoms with Crippen LogP contribution in [0.25, 0.3) is 17.2 Å². The monoisotopic (exact) mass is 500 g/mol. The van der Waals surface area contributed by atoms with Gasteiger partial charge in [0, 0.05) is 12.2 Å². The average molecular weight is 501 g/mol. The Kier molecular flexibility index (Phi) is 11.0. The van der Waals surface area contributed by atoms with Crippen molar-refractivity contribution in [2.24, 2.45) is 0 Å². The molecule has 0 saturated heterocycles. The zero-order valence-corrected chi connectivity index (χ0v) is 21.1. The van der Waals surface area contributed by atoms with Gasteiger partial charge in [0.25, 0.3) is 0 Å². The van der Waals surface area contributed by atoms with E-state index in [0.29, 0.717) is 19.0 Å². The average Bonchev–Trinajstić information content (AvgIpc) is 2.94. The van der Waals surface area contributed by atoms with E-state index in [1.54, 1.807) is 25.3 Å². The van der Waals surface area contributed by atoms with Crippen LogP contribution in [0.1, 0.15) is 31.2 Å². The first-order chi connectivity index (χ1) is 18.1. The first-order valence-corrected chi connectivity index (χ1v) is 12.2. The highest BCUT2D eigenvalue weighted by Gasteiger charge is 2.04.